The number of carboxylic acids is 1. The SMILES string of the molecule is Cc1c(CC(=O)O)c(=O)oc2c(C)c3occ(-c4ccc(Cl)cc4)c3cc12. The predicted octanol–water partition coefficient (Wildman–Crippen LogP) is 5.10. The van der Waals surface area contributed by atoms with E-state index < -0.39 is 11.6 Å². The molecule has 0 unspecified atom stereocenters. The Hall–Kier alpha value is -3.05. The second-order valence-corrected chi connectivity index (χ2v) is 6.91. The minimum absolute atomic E-state index is 0.158. The predicted molar refractivity (Wildman–Crippen MR) is 104 cm³/mol. The zero-order valence-corrected chi connectivity index (χ0v) is 15.4. The number of furan rings is 1. The first kappa shape index (κ1) is 17.4. The Morgan fingerprint density at radius 3 is 2.44 bits per heavy atom. The smallest absolute Gasteiger partial charge is 0.340 e. The lowest BCUT2D eigenvalue weighted by atomic mass is 9.97. The molecule has 6 heteroatoms. The molecule has 0 aliphatic rings. The summed E-state index contributed by atoms with van der Waals surface area (Å²) in [7, 11) is 0. The van der Waals surface area contributed by atoms with Gasteiger partial charge in [0.1, 0.15) is 11.2 Å². The second-order valence-electron chi connectivity index (χ2n) is 6.47. The molecule has 0 bridgehead atoms. The van der Waals surface area contributed by atoms with E-state index in [2.05, 4.69) is 0 Å². The van der Waals surface area contributed by atoms with Gasteiger partial charge in [-0.05, 0) is 43.2 Å². The van der Waals surface area contributed by atoms with Crippen molar-refractivity contribution in [3.63, 3.8) is 0 Å². The molecule has 0 amide bonds. The summed E-state index contributed by atoms with van der Waals surface area (Å²) in [5.41, 5.74) is 3.70. The molecule has 27 heavy (non-hydrogen) atoms. The molecule has 136 valence electrons. The molecule has 0 aliphatic carbocycles. The van der Waals surface area contributed by atoms with Crippen molar-refractivity contribution < 1.29 is 18.7 Å². The summed E-state index contributed by atoms with van der Waals surface area (Å²) in [5, 5.41) is 11.3. The molecule has 2 aromatic carbocycles. The Kier molecular flexibility index (Phi) is 4.04. The molecule has 4 aromatic rings. The molecule has 5 nitrogen and oxygen atoms in total. The van der Waals surface area contributed by atoms with E-state index in [0.29, 0.717) is 32.7 Å². The summed E-state index contributed by atoms with van der Waals surface area (Å²) in [6.45, 7) is 3.56. The third kappa shape index (κ3) is 2.80. The topological polar surface area (TPSA) is 80.6 Å². The van der Waals surface area contributed by atoms with Gasteiger partial charge in [-0.1, -0.05) is 23.7 Å². The number of hydrogen-bond donors (Lipinski definition) is 1. The fourth-order valence-electron chi connectivity index (χ4n) is 3.40. The fraction of sp³-hybridized carbons (Fsp3) is 0.143. The number of hydrogen-bond acceptors (Lipinski definition) is 4. The van der Waals surface area contributed by atoms with E-state index in [1.54, 1.807) is 25.3 Å². The van der Waals surface area contributed by atoms with Gasteiger partial charge in [-0.2, -0.15) is 0 Å². The van der Waals surface area contributed by atoms with Crippen LogP contribution in [0.3, 0.4) is 0 Å². The van der Waals surface area contributed by atoms with Gasteiger partial charge in [0.05, 0.1) is 18.2 Å². The molecule has 0 radical (unpaired) electrons. The van der Waals surface area contributed by atoms with Crippen LogP contribution in [0.2, 0.25) is 5.02 Å². The fourth-order valence-corrected chi connectivity index (χ4v) is 3.53. The monoisotopic (exact) mass is 382 g/mol. The Balaban J connectivity index is 2.05. The van der Waals surface area contributed by atoms with Crippen LogP contribution in [0.15, 0.2) is 50.2 Å². The van der Waals surface area contributed by atoms with Crippen molar-refractivity contribution in [3.05, 3.63) is 68.7 Å². The largest absolute Gasteiger partial charge is 0.481 e. The van der Waals surface area contributed by atoms with Crippen LogP contribution in [-0.4, -0.2) is 11.1 Å². The lowest BCUT2D eigenvalue weighted by Crippen LogP contribution is -2.15. The summed E-state index contributed by atoms with van der Waals surface area (Å²) in [4.78, 5) is 23.4. The van der Waals surface area contributed by atoms with Crippen LogP contribution in [0.25, 0.3) is 33.1 Å². The van der Waals surface area contributed by atoms with Gasteiger partial charge < -0.3 is 13.9 Å². The molecular formula is C21H15ClO5. The summed E-state index contributed by atoms with van der Waals surface area (Å²) in [5.74, 6) is -1.08. The van der Waals surface area contributed by atoms with Crippen LogP contribution < -0.4 is 5.63 Å². The first-order valence-electron chi connectivity index (χ1n) is 8.31. The number of halogens is 1. The van der Waals surface area contributed by atoms with Crippen LogP contribution in [0.1, 0.15) is 16.7 Å². The highest BCUT2D eigenvalue weighted by Crippen LogP contribution is 2.37. The van der Waals surface area contributed by atoms with Crippen molar-refractivity contribution in [2.45, 2.75) is 20.3 Å². The van der Waals surface area contributed by atoms with Crippen molar-refractivity contribution in [1.29, 1.82) is 0 Å². The van der Waals surface area contributed by atoms with Gasteiger partial charge in [0.15, 0.2) is 0 Å². The molecule has 2 heterocycles. The van der Waals surface area contributed by atoms with Gasteiger partial charge in [-0.15, -0.1) is 0 Å². The molecule has 4 rings (SSSR count). The van der Waals surface area contributed by atoms with Crippen molar-refractivity contribution >= 4 is 39.5 Å². The van der Waals surface area contributed by atoms with Crippen molar-refractivity contribution in [2.75, 3.05) is 0 Å². The van der Waals surface area contributed by atoms with E-state index in [1.807, 2.05) is 25.1 Å². The zero-order valence-electron chi connectivity index (χ0n) is 14.6. The quantitative estimate of drug-likeness (QED) is 0.498. The van der Waals surface area contributed by atoms with Crippen LogP contribution in [0, 0.1) is 13.8 Å². The molecule has 0 fully saturated rings. The molecule has 0 saturated heterocycles. The van der Waals surface area contributed by atoms with Crippen LogP contribution >= 0.6 is 11.6 Å². The Labute approximate surface area is 158 Å². The normalized spacial score (nSPS) is 11.4. The van der Waals surface area contributed by atoms with Crippen LogP contribution in [0.4, 0.5) is 0 Å². The third-order valence-corrected chi connectivity index (χ3v) is 5.08. The van der Waals surface area contributed by atoms with Crippen LogP contribution in [0.5, 0.6) is 0 Å². The van der Waals surface area contributed by atoms with Crippen molar-refractivity contribution in [3.8, 4) is 11.1 Å². The molecular weight excluding hydrogens is 368 g/mol. The van der Waals surface area contributed by atoms with Gasteiger partial charge in [-0.25, -0.2) is 4.79 Å². The summed E-state index contributed by atoms with van der Waals surface area (Å²) >= 11 is 5.98. The van der Waals surface area contributed by atoms with Crippen LogP contribution in [-0.2, 0) is 11.2 Å². The van der Waals surface area contributed by atoms with Gasteiger partial charge in [0, 0.05) is 26.9 Å². The zero-order chi connectivity index (χ0) is 19.3. The van der Waals surface area contributed by atoms with Gasteiger partial charge >= 0.3 is 11.6 Å². The Morgan fingerprint density at radius 2 is 1.78 bits per heavy atom. The van der Waals surface area contributed by atoms with Crippen molar-refractivity contribution in [1.82, 2.24) is 0 Å². The van der Waals surface area contributed by atoms with Gasteiger partial charge in [0.25, 0.3) is 0 Å². The molecule has 0 atom stereocenters. The summed E-state index contributed by atoms with van der Waals surface area (Å²) in [6.07, 6.45) is 1.28. The average molecular weight is 383 g/mol. The Morgan fingerprint density at radius 1 is 1.07 bits per heavy atom. The number of aliphatic carboxylic acids is 1. The van der Waals surface area contributed by atoms with E-state index in [1.165, 1.54) is 0 Å². The number of carbonyl (C=O) groups is 1. The van der Waals surface area contributed by atoms with E-state index in [0.717, 1.165) is 16.5 Å². The second kappa shape index (κ2) is 6.28. The maximum absolute atomic E-state index is 12.3. The number of aryl methyl sites for hydroxylation is 2. The highest BCUT2D eigenvalue weighted by molar-refractivity contribution is 6.30. The van der Waals surface area contributed by atoms with Gasteiger partial charge in [-0.3, -0.25) is 4.79 Å². The average Bonchev–Trinajstić information content (AvgIpc) is 3.05. The maximum Gasteiger partial charge on any atom is 0.340 e. The molecule has 0 saturated carbocycles. The Bertz CT molecular complexity index is 1260. The lowest BCUT2D eigenvalue weighted by Gasteiger charge is -2.09. The molecule has 2 aromatic heterocycles. The van der Waals surface area contributed by atoms with E-state index in [-0.39, 0.29) is 12.0 Å². The molecule has 0 aliphatic heterocycles. The number of benzene rings is 2. The van der Waals surface area contributed by atoms with E-state index >= 15 is 0 Å². The van der Waals surface area contributed by atoms with Gasteiger partial charge in [0.2, 0.25) is 0 Å². The minimum atomic E-state index is -1.08. The number of fused-ring (bicyclic) bond motifs is 2. The minimum Gasteiger partial charge on any atom is -0.481 e. The highest BCUT2D eigenvalue weighted by Gasteiger charge is 2.20. The molecule has 0 spiro atoms. The van der Waals surface area contributed by atoms with E-state index in [4.69, 9.17) is 25.5 Å². The highest BCUT2D eigenvalue weighted by atomic mass is 35.5. The standard InChI is InChI=1S/C21H15ClO5/c1-10-14-7-16-17(12-3-5-13(22)6-4-12)9-26-19(16)11(2)20(14)27-21(25)15(10)8-18(23)24/h3-7,9H,8H2,1-2H3,(H,23,24). The first-order valence-corrected chi connectivity index (χ1v) is 8.69. The lowest BCUT2D eigenvalue weighted by molar-refractivity contribution is -0.136. The number of rotatable bonds is 3. The maximum atomic E-state index is 12.3. The van der Waals surface area contributed by atoms with E-state index in [9.17, 15) is 9.59 Å². The first-order chi connectivity index (χ1) is 12.9. The number of carboxylic acid groups (broad SMARTS) is 1. The third-order valence-electron chi connectivity index (χ3n) is 4.82. The molecule has 1 N–H and O–H groups in total. The van der Waals surface area contributed by atoms with Crippen molar-refractivity contribution in [2.24, 2.45) is 0 Å². The summed E-state index contributed by atoms with van der Waals surface area (Å²) in [6, 6.07) is 9.30. The summed E-state index contributed by atoms with van der Waals surface area (Å²) < 4.78 is 11.2.